The summed E-state index contributed by atoms with van der Waals surface area (Å²) in [6, 6.07) is 5.56. The lowest BCUT2D eigenvalue weighted by Gasteiger charge is -2.38. The van der Waals surface area contributed by atoms with Crippen LogP contribution in [-0.2, 0) is 9.53 Å². The van der Waals surface area contributed by atoms with Crippen LogP contribution < -0.4 is 16.0 Å². The van der Waals surface area contributed by atoms with Crippen LogP contribution in [0, 0.1) is 5.41 Å². The predicted molar refractivity (Wildman–Crippen MR) is 120 cm³/mol. The summed E-state index contributed by atoms with van der Waals surface area (Å²) in [6.07, 6.45) is 4.30. The van der Waals surface area contributed by atoms with Gasteiger partial charge in [-0.1, -0.05) is 13.8 Å². The first-order chi connectivity index (χ1) is 14.8. The molecule has 0 spiro atoms. The van der Waals surface area contributed by atoms with Crippen LogP contribution in [0.4, 0.5) is 11.4 Å². The molecule has 0 radical (unpaired) electrons. The number of benzene rings is 1. The minimum absolute atomic E-state index is 0.00526. The number of nitrogens with one attached hydrogen (secondary N) is 3. The van der Waals surface area contributed by atoms with Crippen molar-refractivity contribution in [2.75, 3.05) is 30.4 Å². The number of carbonyl (C=O) groups is 2. The van der Waals surface area contributed by atoms with E-state index in [1.165, 1.54) is 0 Å². The summed E-state index contributed by atoms with van der Waals surface area (Å²) in [4.78, 5) is 25.5. The summed E-state index contributed by atoms with van der Waals surface area (Å²) in [5.74, 6) is -0.328. The van der Waals surface area contributed by atoms with Crippen LogP contribution in [0.1, 0.15) is 56.1 Å². The van der Waals surface area contributed by atoms with Crippen molar-refractivity contribution in [2.45, 2.75) is 40.2 Å². The molecular formula is C23H29N5O3. The van der Waals surface area contributed by atoms with E-state index in [-0.39, 0.29) is 23.3 Å². The molecule has 2 aliphatic rings. The molecule has 1 fully saturated rings. The van der Waals surface area contributed by atoms with Crippen molar-refractivity contribution in [2.24, 2.45) is 5.41 Å². The Morgan fingerprint density at radius 1 is 1.35 bits per heavy atom. The van der Waals surface area contributed by atoms with Crippen molar-refractivity contribution < 1.29 is 14.3 Å². The van der Waals surface area contributed by atoms with E-state index in [0.29, 0.717) is 43.0 Å². The molecule has 3 heterocycles. The van der Waals surface area contributed by atoms with Gasteiger partial charge in [0.1, 0.15) is 0 Å². The molecule has 164 valence electrons. The Balaban J connectivity index is 1.60. The van der Waals surface area contributed by atoms with Gasteiger partial charge < -0.3 is 20.7 Å². The molecule has 2 aliphatic heterocycles. The fraction of sp³-hybridized carbons (Fsp3) is 0.435. The summed E-state index contributed by atoms with van der Waals surface area (Å²) < 4.78 is 7.11. The molecule has 4 rings (SSSR count). The zero-order valence-corrected chi connectivity index (χ0v) is 18.4. The van der Waals surface area contributed by atoms with Gasteiger partial charge in [-0.25, -0.2) is 0 Å². The van der Waals surface area contributed by atoms with E-state index in [1.807, 2.05) is 17.8 Å². The average Bonchev–Trinajstić information content (AvgIpc) is 3.32. The highest BCUT2D eigenvalue weighted by molar-refractivity contribution is 6.32. The average molecular weight is 424 g/mol. The molecule has 31 heavy (non-hydrogen) atoms. The van der Waals surface area contributed by atoms with E-state index in [1.54, 1.807) is 24.4 Å². The van der Waals surface area contributed by atoms with Crippen molar-refractivity contribution >= 4 is 28.8 Å². The first-order valence-electron chi connectivity index (χ1n) is 10.7. The third kappa shape index (κ3) is 4.20. The highest BCUT2D eigenvalue weighted by Crippen LogP contribution is 2.36. The van der Waals surface area contributed by atoms with Crippen LogP contribution in [0.25, 0.3) is 5.57 Å². The van der Waals surface area contributed by atoms with E-state index in [2.05, 4.69) is 41.8 Å². The molecule has 1 aromatic heterocycles. The molecule has 0 bridgehead atoms. The van der Waals surface area contributed by atoms with Crippen LogP contribution in [-0.4, -0.2) is 41.4 Å². The second-order valence-corrected chi connectivity index (χ2v) is 8.84. The van der Waals surface area contributed by atoms with Gasteiger partial charge in [0.15, 0.2) is 0 Å². The van der Waals surface area contributed by atoms with Crippen molar-refractivity contribution in [1.82, 2.24) is 15.1 Å². The maximum atomic E-state index is 12.8. The number of nitrogens with zero attached hydrogens (tertiary/aromatic N) is 2. The zero-order chi connectivity index (χ0) is 22.2. The minimum Gasteiger partial charge on any atom is -0.380 e. The molecule has 2 aromatic rings. The monoisotopic (exact) mass is 423 g/mol. The highest BCUT2D eigenvalue weighted by atomic mass is 16.5. The number of aromatic nitrogens is 2. The second kappa shape index (κ2) is 8.19. The van der Waals surface area contributed by atoms with Crippen molar-refractivity contribution in [3.8, 4) is 0 Å². The summed E-state index contributed by atoms with van der Waals surface area (Å²) in [5.41, 5.74) is 4.14. The maximum Gasteiger partial charge on any atom is 0.258 e. The molecule has 1 aromatic carbocycles. The number of anilines is 2. The smallest absolute Gasteiger partial charge is 0.258 e. The molecule has 0 aliphatic carbocycles. The molecule has 2 amide bonds. The van der Waals surface area contributed by atoms with Gasteiger partial charge in [0, 0.05) is 46.7 Å². The van der Waals surface area contributed by atoms with Crippen LogP contribution >= 0.6 is 0 Å². The molecule has 0 saturated carbocycles. The first kappa shape index (κ1) is 21.1. The van der Waals surface area contributed by atoms with E-state index in [0.717, 1.165) is 16.9 Å². The van der Waals surface area contributed by atoms with E-state index in [4.69, 9.17) is 4.74 Å². The molecule has 8 nitrogen and oxygen atoms in total. The Kier molecular flexibility index (Phi) is 5.58. The van der Waals surface area contributed by atoms with Crippen molar-refractivity contribution in [1.29, 1.82) is 0 Å². The van der Waals surface area contributed by atoms with Crippen LogP contribution in [0.2, 0.25) is 0 Å². The topological polar surface area (TPSA) is 97.3 Å². The number of allylic oxidation sites excluding steroid dienone is 1. The summed E-state index contributed by atoms with van der Waals surface area (Å²) >= 11 is 0. The summed E-state index contributed by atoms with van der Waals surface area (Å²) in [6.45, 7) is 10.1. The van der Waals surface area contributed by atoms with Gasteiger partial charge in [0.2, 0.25) is 0 Å². The lowest BCUT2D eigenvalue weighted by atomic mass is 9.88. The van der Waals surface area contributed by atoms with Crippen molar-refractivity contribution in [3.63, 3.8) is 0 Å². The Labute approximate surface area is 182 Å². The fourth-order valence-corrected chi connectivity index (χ4v) is 3.74. The summed E-state index contributed by atoms with van der Waals surface area (Å²) in [7, 11) is 0. The molecular weight excluding hydrogens is 394 g/mol. The number of carbonyl (C=O) groups excluding carboxylic acids is 2. The Hall–Kier alpha value is -3.13. The van der Waals surface area contributed by atoms with Gasteiger partial charge in [0.05, 0.1) is 30.7 Å². The second-order valence-electron chi connectivity index (χ2n) is 8.84. The van der Waals surface area contributed by atoms with Gasteiger partial charge in [0.25, 0.3) is 11.8 Å². The fourth-order valence-electron chi connectivity index (χ4n) is 3.74. The Morgan fingerprint density at radius 3 is 2.74 bits per heavy atom. The SMILES string of the molecule is CCC(Nc1cnn(C(C)C)c1)=C1C(=O)Nc2ccc(C(=O)NCC3(C)COC3)cc21. The third-order valence-electron chi connectivity index (χ3n) is 5.68. The molecule has 3 N–H and O–H groups in total. The van der Waals surface area contributed by atoms with Gasteiger partial charge in [-0.3, -0.25) is 14.3 Å². The zero-order valence-electron chi connectivity index (χ0n) is 18.4. The van der Waals surface area contributed by atoms with Gasteiger partial charge >= 0.3 is 0 Å². The standard InChI is InChI=1S/C23H29N5O3/c1-5-18(26-16-9-25-28(10-16)14(2)3)20-17-8-15(6-7-19(17)27-22(20)30)21(29)24-11-23(4)12-31-13-23/h6-10,14,26H,5,11-13H2,1-4H3,(H,24,29)(H,27,30). The molecule has 0 atom stereocenters. The van der Waals surface area contributed by atoms with E-state index in [9.17, 15) is 9.59 Å². The van der Waals surface area contributed by atoms with Gasteiger partial charge in [-0.05, 0) is 38.5 Å². The van der Waals surface area contributed by atoms with E-state index >= 15 is 0 Å². The van der Waals surface area contributed by atoms with Crippen molar-refractivity contribution in [3.05, 3.63) is 47.4 Å². The third-order valence-corrected chi connectivity index (χ3v) is 5.68. The Morgan fingerprint density at radius 2 is 2.13 bits per heavy atom. The lowest BCUT2D eigenvalue weighted by Crippen LogP contribution is -2.48. The van der Waals surface area contributed by atoms with Crippen LogP contribution in [0.5, 0.6) is 0 Å². The van der Waals surface area contributed by atoms with Gasteiger partial charge in [-0.2, -0.15) is 5.10 Å². The molecule has 0 unspecified atom stereocenters. The lowest BCUT2D eigenvalue weighted by molar-refractivity contribution is -0.110. The number of hydrogen-bond donors (Lipinski definition) is 3. The maximum absolute atomic E-state index is 12.8. The Bertz CT molecular complexity index is 1050. The largest absolute Gasteiger partial charge is 0.380 e. The predicted octanol–water partition coefficient (Wildman–Crippen LogP) is 3.42. The number of rotatable bonds is 7. The number of hydrogen-bond acceptors (Lipinski definition) is 5. The van der Waals surface area contributed by atoms with Crippen LogP contribution in [0.3, 0.4) is 0 Å². The number of ether oxygens (including phenoxy) is 1. The van der Waals surface area contributed by atoms with Gasteiger partial charge in [-0.15, -0.1) is 0 Å². The minimum atomic E-state index is -0.174. The normalized spacial score (nSPS) is 18.3. The highest BCUT2D eigenvalue weighted by Gasteiger charge is 2.34. The molecule has 1 saturated heterocycles. The molecule has 8 heteroatoms. The van der Waals surface area contributed by atoms with E-state index < -0.39 is 0 Å². The summed E-state index contributed by atoms with van der Waals surface area (Å²) in [5, 5.41) is 13.6. The van der Waals surface area contributed by atoms with Crippen LogP contribution in [0.15, 0.2) is 36.3 Å². The number of fused-ring (bicyclic) bond motifs is 1. The first-order valence-corrected chi connectivity index (χ1v) is 10.7. The number of amides is 2. The quantitative estimate of drug-likeness (QED) is 0.593.